The molecule has 1 aromatic rings. The van der Waals surface area contributed by atoms with Crippen LogP contribution in [0.15, 0.2) is 24.3 Å². The summed E-state index contributed by atoms with van der Waals surface area (Å²) in [6.45, 7) is 4.17. The minimum atomic E-state index is 0.0765. The lowest BCUT2D eigenvalue weighted by molar-refractivity contribution is -0.148. The monoisotopic (exact) mass is 222 g/mol. The van der Waals surface area contributed by atoms with Crippen LogP contribution in [0.2, 0.25) is 0 Å². The van der Waals surface area contributed by atoms with Gasteiger partial charge >= 0.3 is 0 Å². The van der Waals surface area contributed by atoms with Gasteiger partial charge in [-0.25, -0.2) is 0 Å². The average molecular weight is 222 g/mol. The van der Waals surface area contributed by atoms with Crippen molar-refractivity contribution in [1.82, 2.24) is 5.06 Å². The summed E-state index contributed by atoms with van der Waals surface area (Å²) in [7, 11) is 3.59. The zero-order chi connectivity index (χ0) is 12.1. The third kappa shape index (κ3) is 3.04. The van der Waals surface area contributed by atoms with E-state index in [-0.39, 0.29) is 12.1 Å². The standard InChI is InChI=1S/C13H22N2O/c1-5-12(14)13(15(3)16-4)11-8-6-10(2)7-9-11/h6-9,12-13H,5,14H2,1-4H3. The van der Waals surface area contributed by atoms with Gasteiger partial charge in [-0.3, -0.25) is 0 Å². The van der Waals surface area contributed by atoms with Gasteiger partial charge in [0.05, 0.1) is 13.2 Å². The van der Waals surface area contributed by atoms with Crippen molar-refractivity contribution in [2.24, 2.45) is 5.73 Å². The number of hydroxylamine groups is 2. The molecule has 1 aromatic carbocycles. The third-order valence-electron chi connectivity index (χ3n) is 2.98. The van der Waals surface area contributed by atoms with Crippen LogP contribution in [0.4, 0.5) is 0 Å². The fourth-order valence-electron chi connectivity index (χ4n) is 1.83. The number of nitrogens with zero attached hydrogens (tertiary/aromatic N) is 1. The SMILES string of the molecule is CCC(N)C(c1ccc(C)cc1)N(C)OC. The Morgan fingerprint density at radius 2 is 1.88 bits per heavy atom. The van der Waals surface area contributed by atoms with Gasteiger partial charge in [0.1, 0.15) is 0 Å². The lowest BCUT2D eigenvalue weighted by Crippen LogP contribution is -2.38. The minimum absolute atomic E-state index is 0.0765. The Kier molecular flexibility index (Phi) is 4.93. The van der Waals surface area contributed by atoms with E-state index in [1.165, 1.54) is 11.1 Å². The summed E-state index contributed by atoms with van der Waals surface area (Å²) in [4.78, 5) is 5.27. The molecule has 0 saturated carbocycles. The summed E-state index contributed by atoms with van der Waals surface area (Å²) in [6.07, 6.45) is 0.923. The van der Waals surface area contributed by atoms with Crippen LogP contribution in [-0.4, -0.2) is 25.3 Å². The number of likely N-dealkylation sites (N-methyl/N-ethyl adjacent to an activating group) is 1. The molecule has 1 rings (SSSR count). The second kappa shape index (κ2) is 5.99. The Labute approximate surface area is 98.2 Å². The maximum Gasteiger partial charge on any atom is 0.0749 e. The van der Waals surface area contributed by atoms with Crippen molar-refractivity contribution in [1.29, 1.82) is 0 Å². The first-order valence-corrected chi connectivity index (χ1v) is 5.69. The molecule has 3 nitrogen and oxygen atoms in total. The zero-order valence-corrected chi connectivity index (χ0v) is 10.6. The average Bonchev–Trinajstić information content (AvgIpc) is 2.31. The highest BCUT2D eigenvalue weighted by Gasteiger charge is 2.22. The molecule has 16 heavy (non-hydrogen) atoms. The molecule has 0 amide bonds. The number of hydrogen-bond acceptors (Lipinski definition) is 3. The largest absolute Gasteiger partial charge is 0.326 e. The van der Waals surface area contributed by atoms with Crippen LogP contribution in [0.3, 0.4) is 0 Å². The Morgan fingerprint density at radius 3 is 2.31 bits per heavy atom. The second-order valence-electron chi connectivity index (χ2n) is 4.16. The molecule has 2 unspecified atom stereocenters. The Bertz CT molecular complexity index is 300. The number of benzene rings is 1. The molecule has 0 spiro atoms. The van der Waals surface area contributed by atoms with Crippen molar-refractivity contribution in [2.45, 2.75) is 32.4 Å². The second-order valence-corrected chi connectivity index (χ2v) is 4.16. The lowest BCUT2D eigenvalue weighted by atomic mass is 9.97. The Hall–Kier alpha value is -0.900. The summed E-state index contributed by atoms with van der Waals surface area (Å²) >= 11 is 0. The lowest BCUT2D eigenvalue weighted by Gasteiger charge is -2.30. The van der Waals surface area contributed by atoms with Gasteiger partial charge in [-0.15, -0.1) is 0 Å². The summed E-state index contributed by atoms with van der Waals surface area (Å²) in [5.74, 6) is 0. The summed E-state index contributed by atoms with van der Waals surface area (Å²) in [6, 6.07) is 8.63. The van der Waals surface area contributed by atoms with Gasteiger partial charge in [-0.05, 0) is 18.9 Å². The first-order valence-electron chi connectivity index (χ1n) is 5.69. The van der Waals surface area contributed by atoms with E-state index < -0.39 is 0 Å². The fourth-order valence-corrected chi connectivity index (χ4v) is 1.83. The van der Waals surface area contributed by atoms with Gasteiger partial charge in [0, 0.05) is 13.1 Å². The summed E-state index contributed by atoms with van der Waals surface area (Å²) in [5.41, 5.74) is 8.60. The molecular formula is C13H22N2O. The van der Waals surface area contributed by atoms with E-state index in [1.54, 1.807) is 7.11 Å². The molecule has 0 aromatic heterocycles. The van der Waals surface area contributed by atoms with Gasteiger partial charge in [0.2, 0.25) is 0 Å². The molecule has 0 radical (unpaired) electrons. The minimum Gasteiger partial charge on any atom is -0.326 e. The highest BCUT2D eigenvalue weighted by Crippen LogP contribution is 2.24. The van der Waals surface area contributed by atoms with E-state index in [1.807, 2.05) is 12.1 Å². The van der Waals surface area contributed by atoms with E-state index in [0.29, 0.717) is 0 Å². The predicted molar refractivity (Wildman–Crippen MR) is 67.0 cm³/mol. The molecule has 3 heteroatoms. The molecule has 0 aliphatic rings. The highest BCUT2D eigenvalue weighted by atomic mass is 16.7. The van der Waals surface area contributed by atoms with Crippen LogP contribution in [0.25, 0.3) is 0 Å². The Morgan fingerprint density at radius 1 is 1.31 bits per heavy atom. The van der Waals surface area contributed by atoms with Gasteiger partial charge in [-0.2, -0.15) is 5.06 Å². The zero-order valence-electron chi connectivity index (χ0n) is 10.6. The number of hydrogen-bond donors (Lipinski definition) is 1. The molecule has 0 bridgehead atoms. The number of aryl methyl sites for hydroxylation is 1. The molecule has 90 valence electrons. The van der Waals surface area contributed by atoms with Crippen molar-refractivity contribution in [3.05, 3.63) is 35.4 Å². The van der Waals surface area contributed by atoms with Crippen molar-refractivity contribution >= 4 is 0 Å². The van der Waals surface area contributed by atoms with E-state index in [9.17, 15) is 0 Å². The molecule has 0 aliphatic heterocycles. The van der Waals surface area contributed by atoms with E-state index in [4.69, 9.17) is 10.6 Å². The normalized spacial score (nSPS) is 15.1. The summed E-state index contributed by atoms with van der Waals surface area (Å²) in [5, 5.41) is 1.82. The van der Waals surface area contributed by atoms with Crippen molar-refractivity contribution in [3.8, 4) is 0 Å². The van der Waals surface area contributed by atoms with E-state index >= 15 is 0 Å². The van der Waals surface area contributed by atoms with Gasteiger partial charge in [-0.1, -0.05) is 36.8 Å². The van der Waals surface area contributed by atoms with Crippen LogP contribution in [0, 0.1) is 6.92 Å². The number of nitrogens with two attached hydrogens (primary N) is 1. The highest BCUT2D eigenvalue weighted by molar-refractivity contribution is 5.25. The van der Waals surface area contributed by atoms with Crippen LogP contribution in [-0.2, 0) is 4.84 Å². The van der Waals surface area contributed by atoms with Crippen LogP contribution in [0.5, 0.6) is 0 Å². The quantitative estimate of drug-likeness (QED) is 0.777. The molecule has 0 heterocycles. The van der Waals surface area contributed by atoms with Crippen LogP contribution < -0.4 is 5.73 Å². The maximum absolute atomic E-state index is 6.14. The molecular weight excluding hydrogens is 200 g/mol. The van der Waals surface area contributed by atoms with Gasteiger partial charge in [0.25, 0.3) is 0 Å². The summed E-state index contributed by atoms with van der Waals surface area (Å²) < 4.78 is 0. The first kappa shape index (κ1) is 13.2. The topological polar surface area (TPSA) is 38.5 Å². The van der Waals surface area contributed by atoms with Crippen molar-refractivity contribution in [2.75, 3.05) is 14.2 Å². The molecule has 2 N–H and O–H groups in total. The van der Waals surface area contributed by atoms with Gasteiger partial charge in [0.15, 0.2) is 0 Å². The molecule has 0 aliphatic carbocycles. The van der Waals surface area contributed by atoms with E-state index in [0.717, 1.165) is 6.42 Å². The smallest absolute Gasteiger partial charge is 0.0749 e. The molecule has 0 saturated heterocycles. The van der Waals surface area contributed by atoms with Crippen molar-refractivity contribution < 1.29 is 4.84 Å². The van der Waals surface area contributed by atoms with Crippen LogP contribution in [0.1, 0.15) is 30.5 Å². The molecule has 0 fully saturated rings. The van der Waals surface area contributed by atoms with Crippen LogP contribution >= 0.6 is 0 Å². The fraction of sp³-hybridized carbons (Fsp3) is 0.538. The predicted octanol–water partition coefficient (Wildman–Crippen LogP) is 2.27. The van der Waals surface area contributed by atoms with Crippen molar-refractivity contribution in [3.63, 3.8) is 0 Å². The first-order chi connectivity index (χ1) is 7.60. The third-order valence-corrected chi connectivity index (χ3v) is 2.98. The number of rotatable bonds is 5. The maximum atomic E-state index is 6.14. The van der Waals surface area contributed by atoms with Gasteiger partial charge < -0.3 is 10.6 Å². The Balaban J connectivity index is 2.96. The molecule has 2 atom stereocenters. The van der Waals surface area contributed by atoms with E-state index in [2.05, 4.69) is 38.1 Å².